The normalized spacial score (nSPS) is 26.3. The molecule has 2 aromatic carbocycles. The van der Waals surface area contributed by atoms with E-state index in [0.29, 0.717) is 22.9 Å². The Balaban J connectivity index is 0.00000156. The van der Waals surface area contributed by atoms with Gasteiger partial charge in [-0.15, -0.1) is 12.4 Å². The Labute approximate surface area is 154 Å². The SMILES string of the molecule is CN1CC[C@@H]2c3ccccc3[C@H](c3ccc(Cl)cc3Cl)C[C@H]21.Cl. The van der Waals surface area contributed by atoms with Crippen LogP contribution < -0.4 is 0 Å². The summed E-state index contributed by atoms with van der Waals surface area (Å²) < 4.78 is 0. The summed E-state index contributed by atoms with van der Waals surface area (Å²) in [6, 6.07) is 15.4. The zero-order chi connectivity index (χ0) is 15.3. The molecule has 1 heterocycles. The fourth-order valence-corrected chi connectivity index (χ4v) is 4.87. The van der Waals surface area contributed by atoms with Crippen molar-refractivity contribution in [2.24, 2.45) is 0 Å². The second kappa shape index (κ2) is 6.64. The number of likely N-dealkylation sites (N-methyl/N-ethyl adjacent to an activating group) is 1. The predicted molar refractivity (Wildman–Crippen MR) is 100 cm³/mol. The third-order valence-electron chi connectivity index (χ3n) is 5.41. The molecule has 3 atom stereocenters. The molecule has 122 valence electrons. The molecule has 1 nitrogen and oxygen atoms in total. The number of nitrogens with zero attached hydrogens (tertiary/aromatic N) is 1. The first kappa shape index (κ1) is 17.1. The van der Waals surface area contributed by atoms with Crippen LogP contribution in [0.5, 0.6) is 0 Å². The fourth-order valence-electron chi connectivity index (χ4n) is 4.33. The lowest BCUT2D eigenvalue weighted by molar-refractivity contribution is 0.265. The van der Waals surface area contributed by atoms with Crippen LogP contribution in [0.1, 0.15) is 41.4 Å². The zero-order valence-electron chi connectivity index (χ0n) is 13.0. The first-order chi connectivity index (χ1) is 10.6. The summed E-state index contributed by atoms with van der Waals surface area (Å²) in [7, 11) is 2.25. The summed E-state index contributed by atoms with van der Waals surface area (Å²) in [5.74, 6) is 1.03. The first-order valence-corrected chi connectivity index (χ1v) is 8.65. The molecule has 4 rings (SSSR count). The van der Waals surface area contributed by atoms with Crippen molar-refractivity contribution in [3.8, 4) is 0 Å². The number of fused-ring (bicyclic) bond motifs is 3. The van der Waals surface area contributed by atoms with E-state index < -0.39 is 0 Å². The van der Waals surface area contributed by atoms with Gasteiger partial charge in [-0.3, -0.25) is 0 Å². The largest absolute Gasteiger partial charge is 0.303 e. The third-order valence-corrected chi connectivity index (χ3v) is 5.97. The maximum absolute atomic E-state index is 6.51. The molecule has 0 aromatic heterocycles. The number of rotatable bonds is 1. The molecule has 0 spiro atoms. The van der Waals surface area contributed by atoms with Crippen molar-refractivity contribution in [1.82, 2.24) is 4.90 Å². The highest BCUT2D eigenvalue weighted by molar-refractivity contribution is 6.35. The minimum atomic E-state index is 0. The minimum Gasteiger partial charge on any atom is -0.303 e. The van der Waals surface area contributed by atoms with Gasteiger partial charge < -0.3 is 4.90 Å². The molecule has 0 bridgehead atoms. The summed E-state index contributed by atoms with van der Waals surface area (Å²) in [5.41, 5.74) is 4.17. The van der Waals surface area contributed by atoms with Crippen LogP contribution in [0.15, 0.2) is 42.5 Å². The van der Waals surface area contributed by atoms with Gasteiger partial charge in [-0.2, -0.15) is 0 Å². The Bertz CT molecular complexity index is 716. The highest BCUT2D eigenvalue weighted by atomic mass is 35.5. The molecular formula is C19H20Cl3N. The lowest BCUT2D eigenvalue weighted by Gasteiger charge is -2.37. The predicted octanol–water partition coefficient (Wildman–Crippen LogP) is 5.74. The van der Waals surface area contributed by atoms with Crippen LogP contribution in [0.2, 0.25) is 10.0 Å². The molecule has 1 aliphatic carbocycles. The summed E-state index contributed by atoms with van der Waals surface area (Å²) in [4.78, 5) is 2.51. The minimum absolute atomic E-state index is 0. The van der Waals surface area contributed by atoms with Crippen LogP contribution in [0, 0.1) is 0 Å². The van der Waals surface area contributed by atoms with Gasteiger partial charge in [0.25, 0.3) is 0 Å². The molecule has 23 heavy (non-hydrogen) atoms. The standard InChI is InChI=1S/C19H19Cl2N.ClH/c1-22-9-8-16-13-4-2-3-5-14(13)17(11-19(16)22)15-7-6-12(20)10-18(15)21;/h2-7,10,16-17,19H,8-9,11H2,1H3;1H/t16-,17-,19-;/m1./s1. The molecule has 2 aliphatic rings. The van der Waals surface area contributed by atoms with Crippen molar-refractivity contribution in [3.05, 3.63) is 69.2 Å². The van der Waals surface area contributed by atoms with E-state index in [1.165, 1.54) is 29.7 Å². The smallest absolute Gasteiger partial charge is 0.0459 e. The van der Waals surface area contributed by atoms with E-state index in [4.69, 9.17) is 23.2 Å². The first-order valence-electron chi connectivity index (χ1n) is 7.89. The highest BCUT2D eigenvalue weighted by Gasteiger charge is 2.41. The Morgan fingerprint density at radius 2 is 1.74 bits per heavy atom. The van der Waals surface area contributed by atoms with Gasteiger partial charge in [-0.05, 0) is 55.3 Å². The van der Waals surface area contributed by atoms with E-state index in [0.717, 1.165) is 11.4 Å². The van der Waals surface area contributed by atoms with Crippen LogP contribution >= 0.6 is 35.6 Å². The van der Waals surface area contributed by atoms with E-state index in [1.807, 2.05) is 12.1 Å². The second-order valence-corrected chi connectivity index (χ2v) is 7.37. The molecule has 1 aliphatic heterocycles. The van der Waals surface area contributed by atoms with Gasteiger partial charge in [0.05, 0.1) is 0 Å². The lowest BCUT2D eigenvalue weighted by Crippen LogP contribution is -2.34. The lowest BCUT2D eigenvalue weighted by atomic mass is 9.71. The molecule has 4 heteroatoms. The molecule has 0 N–H and O–H groups in total. The Kier molecular flexibility index (Phi) is 4.94. The van der Waals surface area contributed by atoms with E-state index in [9.17, 15) is 0 Å². The van der Waals surface area contributed by atoms with Gasteiger partial charge in [0.15, 0.2) is 0 Å². The highest BCUT2D eigenvalue weighted by Crippen LogP contribution is 2.49. The van der Waals surface area contributed by atoms with Gasteiger partial charge in [0, 0.05) is 27.9 Å². The quantitative estimate of drug-likeness (QED) is 0.620. The van der Waals surface area contributed by atoms with Gasteiger partial charge in [0.1, 0.15) is 0 Å². The monoisotopic (exact) mass is 367 g/mol. The number of hydrogen-bond acceptors (Lipinski definition) is 1. The van der Waals surface area contributed by atoms with Gasteiger partial charge in [0.2, 0.25) is 0 Å². The molecule has 0 unspecified atom stereocenters. The third kappa shape index (κ3) is 2.89. The number of halogens is 3. The van der Waals surface area contributed by atoms with Crippen molar-refractivity contribution in [3.63, 3.8) is 0 Å². The topological polar surface area (TPSA) is 3.24 Å². The molecular weight excluding hydrogens is 349 g/mol. The summed E-state index contributed by atoms with van der Waals surface area (Å²) in [5, 5.41) is 1.49. The Morgan fingerprint density at radius 3 is 2.48 bits per heavy atom. The van der Waals surface area contributed by atoms with Gasteiger partial charge in [-0.25, -0.2) is 0 Å². The van der Waals surface area contributed by atoms with Gasteiger partial charge in [-0.1, -0.05) is 53.5 Å². The van der Waals surface area contributed by atoms with Crippen molar-refractivity contribution >= 4 is 35.6 Å². The van der Waals surface area contributed by atoms with E-state index in [2.05, 4.69) is 42.3 Å². The van der Waals surface area contributed by atoms with Crippen LogP contribution in [0.4, 0.5) is 0 Å². The summed E-state index contributed by atoms with van der Waals surface area (Å²) in [6.45, 7) is 1.19. The van der Waals surface area contributed by atoms with Crippen molar-refractivity contribution in [1.29, 1.82) is 0 Å². The molecule has 0 radical (unpaired) electrons. The van der Waals surface area contributed by atoms with Crippen molar-refractivity contribution in [2.45, 2.75) is 30.7 Å². The van der Waals surface area contributed by atoms with Crippen LogP contribution in [-0.2, 0) is 0 Å². The number of benzene rings is 2. The average molecular weight is 369 g/mol. The van der Waals surface area contributed by atoms with Crippen LogP contribution in [0.3, 0.4) is 0 Å². The van der Waals surface area contributed by atoms with E-state index in [-0.39, 0.29) is 12.4 Å². The molecule has 1 fully saturated rings. The molecule has 0 amide bonds. The van der Waals surface area contributed by atoms with Crippen LogP contribution in [0.25, 0.3) is 0 Å². The maximum atomic E-state index is 6.51. The number of hydrogen-bond donors (Lipinski definition) is 0. The summed E-state index contributed by atoms with van der Waals surface area (Å²) >= 11 is 12.6. The van der Waals surface area contributed by atoms with Gasteiger partial charge >= 0.3 is 0 Å². The number of likely N-dealkylation sites (tertiary alicyclic amines) is 1. The Morgan fingerprint density at radius 1 is 1.00 bits per heavy atom. The Hall–Kier alpha value is -0.730. The van der Waals surface area contributed by atoms with Crippen molar-refractivity contribution in [2.75, 3.05) is 13.6 Å². The second-order valence-electron chi connectivity index (χ2n) is 6.53. The van der Waals surface area contributed by atoms with Crippen LogP contribution in [-0.4, -0.2) is 24.5 Å². The van der Waals surface area contributed by atoms with Crippen molar-refractivity contribution < 1.29 is 0 Å². The molecule has 1 saturated heterocycles. The molecule has 2 aromatic rings. The molecule has 0 saturated carbocycles. The zero-order valence-corrected chi connectivity index (χ0v) is 15.3. The van der Waals surface area contributed by atoms with E-state index in [1.54, 1.807) is 0 Å². The average Bonchev–Trinajstić information content (AvgIpc) is 2.88. The maximum Gasteiger partial charge on any atom is 0.0459 e. The fraction of sp³-hybridized carbons (Fsp3) is 0.368. The van der Waals surface area contributed by atoms with E-state index >= 15 is 0 Å². The summed E-state index contributed by atoms with van der Waals surface area (Å²) in [6.07, 6.45) is 2.40.